The lowest BCUT2D eigenvalue weighted by Crippen LogP contribution is -2.48. The van der Waals surface area contributed by atoms with Gasteiger partial charge in [0.15, 0.2) is 0 Å². The number of rotatable bonds is 5. The van der Waals surface area contributed by atoms with Crippen LogP contribution in [0.1, 0.15) is 19.8 Å². The van der Waals surface area contributed by atoms with Gasteiger partial charge in [-0.2, -0.15) is 13.2 Å². The number of nitrogens with one attached hydrogen (secondary N) is 2. The van der Waals surface area contributed by atoms with Crippen molar-refractivity contribution in [3.63, 3.8) is 0 Å². The van der Waals surface area contributed by atoms with Gasteiger partial charge in [-0.05, 0) is 25.3 Å². The van der Waals surface area contributed by atoms with Crippen LogP contribution in [0.2, 0.25) is 0 Å². The second-order valence-electron chi connectivity index (χ2n) is 4.59. The summed E-state index contributed by atoms with van der Waals surface area (Å²) in [4.78, 5) is 11.2. The average molecular weight is 268 g/mol. The predicted octanol–water partition coefficient (Wildman–Crippen LogP) is 1.07. The smallest absolute Gasteiger partial charge is 0.362 e. The topological polar surface area (TPSA) is 50.4 Å². The van der Waals surface area contributed by atoms with Crippen molar-refractivity contribution in [2.45, 2.75) is 32.0 Å². The van der Waals surface area contributed by atoms with Crippen LogP contribution in [-0.4, -0.2) is 44.4 Å². The van der Waals surface area contributed by atoms with Gasteiger partial charge in [0.1, 0.15) is 13.2 Å². The van der Waals surface area contributed by atoms with Crippen molar-refractivity contribution in [2.75, 3.05) is 26.3 Å². The van der Waals surface area contributed by atoms with Crippen LogP contribution in [0.15, 0.2) is 0 Å². The van der Waals surface area contributed by atoms with Crippen molar-refractivity contribution in [3.8, 4) is 0 Å². The molecule has 0 aromatic rings. The number of piperidine rings is 1. The number of alkyl halides is 3. The molecule has 4 nitrogen and oxygen atoms in total. The molecule has 2 N–H and O–H groups in total. The van der Waals surface area contributed by atoms with Crippen molar-refractivity contribution in [1.82, 2.24) is 10.6 Å². The van der Waals surface area contributed by atoms with Gasteiger partial charge in [0.25, 0.3) is 0 Å². The van der Waals surface area contributed by atoms with E-state index in [9.17, 15) is 18.0 Å². The normalized spacial score (nSPS) is 24.9. The lowest BCUT2D eigenvalue weighted by molar-refractivity contribution is -0.175. The van der Waals surface area contributed by atoms with Crippen molar-refractivity contribution < 1.29 is 22.7 Å². The van der Waals surface area contributed by atoms with E-state index in [4.69, 9.17) is 0 Å². The molecule has 1 aliphatic heterocycles. The molecule has 0 aromatic carbocycles. The molecule has 106 valence electrons. The Morgan fingerprint density at radius 2 is 2.22 bits per heavy atom. The lowest BCUT2D eigenvalue weighted by atomic mass is 9.93. The summed E-state index contributed by atoms with van der Waals surface area (Å²) in [7, 11) is 0. The maximum absolute atomic E-state index is 11.8. The van der Waals surface area contributed by atoms with Crippen molar-refractivity contribution in [1.29, 1.82) is 0 Å². The van der Waals surface area contributed by atoms with Gasteiger partial charge in [0, 0.05) is 12.6 Å². The Balaban J connectivity index is 2.13. The standard InChI is InChI=1S/C11H19F3N2O2/c1-8-3-2-4-15-9(8)5-16-10(17)6-18-7-11(12,13)14/h8-9,15H,2-7H2,1H3,(H,16,17). The molecule has 1 rings (SSSR count). The van der Waals surface area contributed by atoms with E-state index in [1.165, 1.54) is 0 Å². The van der Waals surface area contributed by atoms with Crippen LogP contribution in [0.3, 0.4) is 0 Å². The molecule has 0 aromatic heterocycles. The third-order valence-electron chi connectivity index (χ3n) is 2.95. The summed E-state index contributed by atoms with van der Waals surface area (Å²) >= 11 is 0. The average Bonchev–Trinajstić information content (AvgIpc) is 2.26. The Morgan fingerprint density at radius 3 is 2.83 bits per heavy atom. The van der Waals surface area contributed by atoms with Crippen LogP contribution in [-0.2, 0) is 9.53 Å². The molecular formula is C11H19F3N2O2. The summed E-state index contributed by atoms with van der Waals surface area (Å²) in [5.41, 5.74) is 0. The highest BCUT2D eigenvalue weighted by Crippen LogP contribution is 2.15. The minimum absolute atomic E-state index is 0.185. The van der Waals surface area contributed by atoms with Gasteiger partial charge in [-0.1, -0.05) is 6.92 Å². The zero-order chi connectivity index (χ0) is 13.6. The zero-order valence-corrected chi connectivity index (χ0v) is 10.3. The fraction of sp³-hybridized carbons (Fsp3) is 0.909. The monoisotopic (exact) mass is 268 g/mol. The first-order chi connectivity index (χ1) is 8.38. The molecule has 1 amide bonds. The van der Waals surface area contributed by atoms with Gasteiger partial charge in [0.05, 0.1) is 0 Å². The molecule has 1 heterocycles. The molecule has 1 fully saturated rings. The zero-order valence-electron chi connectivity index (χ0n) is 10.3. The second-order valence-corrected chi connectivity index (χ2v) is 4.59. The third kappa shape index (κ3) is 6.20. The number of halogens is 3. The van der Waals surface area contributed by atoms with E-state index in [0.29, 0.717) is 12.5 Å². The number of carbonyl (C=O) groups is 1. The number of carbonyl (C=O) groups excluding carboxylic acids is 1. The van der Waals surface area contributed by atoms with Crippen LogP contribution in [0.25, 0.3) is 0 Å². The van der Waals surface area contributed by atoms with E-state index in [2.05, 4.69) is 22.3 Å². The van der Waals surface area contributed by atoms with Crippen molar-refractivity contribution in [3.05, 3.63) is 0 Å². The minimum Gasteiger partial charge on any atom is -0.362 e. The fourth-order valence-electron chi connectivity index (χ4n) is 1.92. The van der Waals surface area contributed by atoms with Gasteiger partial charge in [-0.15, -0.1) is 0 Å². The van der Waals surface area contributed by atoms with Crippen LogP contribution in [0.4, 0.5) is 13.2 Å². The van der Waals surface area contributed by atoms with Crippen molar-refractivity contribution in [2.24, 2.45) is 5.92 Å². The fourth-order valence-corrected chi connectivity index (χ4v) is 1.92. The molecule has 2 atom stereocenters. The molecule has 0 aliphatic carbocycles. The van der Waals surface area contributed by atoms with Gasteiger partial charge in [-0.3, -0.25) is 4.79 Å². The van der Waals surface area contributed by atoms with Crippen LogP contribution in [0.5, 0.6) is 0 Å². The molecular weight excluding hydrogens is 249 g/mol. The van der Waals surface area contributed by atoms with Gasteiger partial charge in [0.2, 0.25) is 5.91 Å². The predicted molar refractivity (Wildman–Crippen MR) is 60.1 cm³/mol. The van der Waals surface area contributed by atoms with E-state index < -0.39 is 25.3 Å². The van der Waals surface area contributed by atoms with Gasteiger partial charge in [-0.25, -0.2) is 0 Å². The molecule has 0 bridgehead atoms. The van der Waals surface area contributed by atoms with E-state index in [1.54, 1.807) is 0 Å². The summed E-state index contributed by atoms with van der Waals surface area (Å²) in [6, 6.07) is 0.185. The summed E-state index contributed by atoms with van der Waals surface area (Å²) in [6.45, 7) is 1.48. The number of ether oxygens (including phenoxy) is 1. The molecule has 1 saturated heterocycles. The van der Waals surface area contributed by atoms with Crippen LogP contribution in [0, 0.1) is 5.92 Å². The first kappa shape index (κ1) is 15.2. The van der Waals surface area contributed by atoms with Gasteiger partial charge >= 0.3 is 6.18 Å². The Labute approximate surface area is 104 Å². The first-order valence-electron chi connectivity index (χ1n) is 6.03. The largest absolute Gasteiger partial charge is 0.411 e. The Morgan fingerprint density at radius 1 is 1.50 bits per heavy atom. The molecule has 0 saturated carbocycles. The summed E-state index contributed by atoms with van der Waals surface area (Å²) in [6.07, 6.45) is -2.18. The Bertz CT molecular complexity index is 272. The summed E-state index contributed by atoms with van der Waals surface area (Å²) in [5.74, 6) is -0.0611. The number of hydrogen-bond donors (Lipinski definition) is 2. The van der Waals surface area contributed by atoms with Crippen molar-refractivity contribution >= 4 is 5.91 Å². The summed E-state index contributed by atoms with van der Waals surface area (Å²) < 4.78 is 39.6. The molecule has 2 unspecified atom stereocenters. The first-order valence-corrected chi connectivity index (χ1v) is 6.03. The molecule has 0 radical (unpaired) electrons. The van der Waals surface area contributed by atoms with E-state index in [1.807, 2.05) is 0 Å². The van der Waals surface area contributed by atoms with Gasteiger partial charge < -0.3 is 15.4 Å². The molecule has 7 heteroatoms. The number of hydrogen-bond acceptors (Lipinski definition) is 3. The van der Waals surface area contributed by atoms with Crippen LogP contribution >= 0.6 is 0 Å². The summed E-state index contributed by atoms with van der Waals surface area (Å²) in [5, 5.41) is 5.84. The Kier molecular flexibility index (Phi) is 5.87. The van der Waals surface area contributed by atoms with Crippen LogP contribution < -0.4 is 10.6 Å². The maximum atomic E-state index is 11.8. The quantitative estimate of drug-likeness (QED) is 0.784. The SMILES string of the molecule is CC1CCCNC1CNC(=O)COCC(F)(F)F. The lowest BCUT2D eigenvalue weighted by Gasteiger charge is -2.30. The molecule has 18 heavy (non-hydrogen) atoms. The highest BCUT2D eigenvalue weighted by Gasteiger charge is 2.28. The molecule has 1 aliphatic rings. The number of amides is 1. The van der Waals surface area contributed by atoms with E-state index >= 15 is 0 Å². The maximum Gasteiger partial charge on any atom is 0.411 e. The van der Waals surface area contributed by atoms with E-state index in [-0.39, 0.29) is 6.04 Å². The minimum atomic E-state index is -4.39. The Hall–Kier alpha value is -0.820. The van der Waals surface area contributed by atoms with E-state index in [0.717, 1.165) is 19.4 Å². The highest BCUT2D eigenvalue weighted by atomic mass is 19.4. The molecule has 0 spiro atoms. The third-order valence-corrected chi connectivity index (χ3v) is 2.95. The highest BCUT2D eigenvalue weighted by molar-refractivity contribution is 5.77. The second kappa shape index (κ2) is 6.94.